The summed E-state index contributed by atoms with van der Waals surface area (Å²) in [6, 6.07) is 14.7. The smallest absolute Gasteiger partial charge is 0.379 e. The molecule has 150 valence electrons. The second kappa shape index (κ2) is 8.26. The van der Waals surface area contributed by atoms with E-state index in [-0.39, 0.29) is 23.1 Å². The van der Waals surface area contributed by atoms with Crippen molar-refractivity contribution < 1.29 is 28.2 Å². The summed E-state index contributed by atoms with van der Waals surface area (Å²) in [7, 11) is 1.44. The molecule has 0 unspecified atom stereocenters. The van der Waals surface area contributed by atoms with E-state index in [1.165, 1.54) is 19.4 Å². The van der Waals surface area contributed by atoms with Crippen LogP contribution >= 0.6 is 11.6 Å². The number of esters is 2. The van der Waals surface area contributed by atoms with E-state index in [9.17, 15) is 9.59 Å². The summed E-state index contributed by atoms with van der Waals surface area (Å²) in [5.74, 6) is -0.492. The highest BCUT2D eigenvalue weighted by molar-refractivity contribution is 6.31. The monoisotopic (exact) mass is 423 g/mol. The van der Waals surface area contributed by atoms with Crippen LogP contribution in [0, 0.1) is 0 Å². The molecule has 0 amide bonds. The second-order valence-corrected chi connectivity index (χ2v) is 6.56. The maximum atomic E-state index is 12.2. The quantitative estimate of drug-likeness (QED) is 0.341. The van der Waals surface area contributed by atoms with Crippen LogP contribution in [-0.2, 0) is 9.53 Å². The van der Waals surface area contributed by atoms with Crippen LogP contribution in [0.2, 0.25) is 5.02 Å². The number of aliphatic imine (C=N–C) groups is 1. The number of carbonyl (C=O) groups excluding carboxylic acids is 2. The third-order valence-corrected chi connectivity index (χ3v) is 4.34. The zero-order valence-corrected chi connectivity index (χ0v) is 16.4. The first-order valence-electron chi connectivity index (χ1n) is 8.76. The standard InChI is InChI=1S/C22H14ClNO6/c1-27-19-11-13(7-8-17(19)29-22(26)18-6-3-9-28-18)10-16-21(25)30-20(24-16)14-4-2-5-15(23)12-14/h2-12H,1H3/b16-10-. The Bertz CT molecular complexity index is 1180. The molecule has 3 aromatic rings. The molecule has 0 saturated heterocycles. The maximum absolute atomic E-state index is 12.2. The lowest BCUT2D eigenvalue weighted by Gasteiger charge is -2.09. The average Bonchev–Trinajstić information content (AvgIpc) is 3.40. The first-order valence-corrected chi connectivity index (χ1v) is 9.13. The van der Waals surface area contributed by atoms with Crippen LogP contribution in [0.3, 0.4) is 0 Å². The Morgan fingerprint density at radius 1 is 1.10 bits per heavy atom. The van der Waals surface area contributed by atoms with E-state index < -0.39 is 11.9 Å². The highest BCUT2D eigenvalue weighted by atomic mass is 35.5. The molecule has 2 heterocycles. The fraction of sp³-hybridized carbons (Fsp3) is 0.0455. The normalized spacial score (nSPS) is 14.4. The number of benzene rings is 2. The molecule has 2 aromatic carbocycles. The molecule has 0 aliphatic carbocycles. The molecule has 0 N–H and O–H groups in total. The van der Waals surface area contributed by atoms with Crippen LogP contribution in [0.1, 0.15) is 21.7 Å². The van der Waals surface area contributed by atoms with Crippen molar-refractivity contribution in [3.8, 4) is 11.5 Å². The Morgan fingerprint density at radius 3 is 2.70 bits per heavy atom. The van der Waals surface area contributed by atoms with Gasteiger partial charge in [-0.3, -0.25) is 0 Å². The number of hydrogen-bond acceptors (Lipinski definition) is 7. The van der Waals surface area contributed by atoms with Gasteiger partial charge in [-0.15, -0.1) is 0 Å². The van der Waals surface area contributed by atoms with Gasteiger partial charge in [0.1, 0.15) is 0 Å². The van der Waals surface area contributed by atoms with Gasteiger partial charge in [0.25, 0.3) is 0 Å². The minimum absolute atomic E-state index is 0.0693. The van der Waals surface area contributed by atoms with Gasteiger partial charge in [0.05, 0.1) is 13.4 Å². The van der Waals surface area contributed by atoms with Gasteiger partial charge in [-0.05, 0) is 54.1 Å². The van der Waals surface area contributed by atoms with E-state index in [1.54, 1.807) is 54.6 Å². The number of halogens is 1. The third kappa shape index (κ3) is 4.11. The molecular formula is C22H14ClNO6. The predicted octanol–water partition coefficient (Wildman–Crippen LogP) is 4.51. The fourth-order valence-corrected chi connectivity index (χ4v) is 2.91. The van der Waals surface area contributed by atoms with E-state index >= 15 is 0 Å². The SMILES string of the molecule is COc1cc(/C=C2\N=C(c3cccc(Cl)c3)OC2=O)ccc1OC(=O)c1ccco1. The van der Waals surface area contributed by atoms with E-state index in [0.29, 0.717) is 21.9 Å². The summed E-state index contributed by atoms with van der Waals surface area (Å²) in [5, 5.41) is 0.507. The van der Waals surface area contributed by atoms with Crippen LogP contribution in [0.25, 0.3) is 6.08 Å². The lowest BCUT2D eigenvalue weighted by atomic mass is 10.1. The third-order valence-electron chi connectivity index (χ3n) is 4.11. The Labute approximate surface area is 176 Å². The maximum Gasteiger partial charge on any atom is 0.379 e. The summed E-state index contributed by atoms with van der Waals surface area (Å²) < 4.78 is 20.9. The molecule has 0 spiro atoms. The Hall–Kier alpha value is -3.84. The molecule has 1 aliphatic heterocycles. The molecule has 1 aromatic heterocycles. The number of furan rings is 1. The molecule has 0 atom stereocenters. The predicted molar refractivity (Wildman–Crippen MR) is 109 cm³/mol. The van der Waals surface area contributed by atoms with Crippen molar-refractivity contribution >= 4 is 35.5 Å². The topological polar surface area (TPSA) is 87.3 Å². The molecule has 1 aliphatic rings. The largest absolute Gasteiger partial charge is 0.493 e. The van der Waals surface area contributed by atoms with Crippen molar-refractivity contribution in [3.05, 3.63) is 88.5 Å². The van der Waals surface area contributed by atoms with Gasteiger partial charge in [0, 0.05) is 10.6 Å². The molecule has 30 heavy (non-hydrogen) atoms. The van der Waals surface area contributed by atoms with Crippen LogP contribution < -0.4 is 9.47 Å². The van der Waals surface area contributed by atoms with Gasteiger partial charge in [-0.1, -0.05) is 23.7 Å². The van der Waals surface area contributed by atoms with Gasteiger partial charge in [0.2, 0.25) is 11.7 Å². The van der Waals surface area contributed by atoms with Crippen LogP contribution in [0.4, 0.5) is 0 Å². The molecule has 7 nitrogen and oxygen atoms in total. The van der Waals surface area contributed by atoms with Gasteiger partial charge in [0.15, 0.2) is 17.2 Å². The molecule has 4 rings (SSSR count). The number of hydrogen-bond donors (Lipinski definition) is 0. The number of methoxy groups -OCH3 is 1. The Balaban J connectivity index is 1.59. The summed E-state index contributed by atoms with van der Waals surface area (Å²) in [6.45, 7) is 0. The molecular weight excluding hydrogens is 410 g/mol. The number of nitrogens with zero attached hydrogens (tertiary/aromatic N) is 1. The van der Waals surface area contributed by atoms with Gasteiger partial charge >= 0.3 is 11.9 Å². The Morgan fingerprint density at radius 2 is 1.97 bits per heavy atom. The van der Waals surface area contributed by atoms with E-state index in [2.05, 4.69) is 4.99 Å². The number of ether oxygens (including phenoxy) is 3. The molecule has 0 saturated carbocycles. The lowest BCUT2D eigenvalue weighted by Crippen LogP contribution is -2.08. The van der Waals surface area contributed by atoms with Gasteiger partial charge in [-0.2, -0.15) is 0 Å². The van der Waals surface area contributed by atoms with Crippen LogP contribution in [0.5, 0.6) is 11.5 Å². The van der Waals surface area contributed by atoms with Crippen molar-refractivity contribution in [2.45, 2.75) is 0 Å². The van der Waals surface area contributed by atoms with Crippen molar-refractivity contribution in [2.75, 3.05) is 7.11 Å². The van der Waals surface area contributed by atoms with Gasteiger partial charge in [-0.25, -0.2) is 14.6 Å². The van der Waals surface area contributed by atoms with Crippen LogP contribution in [-0.4, -0.2) is 24.9 Å². The van der Waals surface area contributed by atoms with E-state index in [0.717, 1.165) is 0 Å². The molecule has 0 fully saturated rings. The minimum Gasteiger partial charge on any atom is -0.493 e. The van der Waals surface area contributed by atoms with E-state index in [4.69, 9.17) is 30.2 Å². The summed E-state index contributed by atoms with van der Waals surface area (Å²) in [4.78, 5) is 28.5. The Kier molecular flexibility index (Phi) is 5.36. The van der Waals surface area contributed by atoms with Crippen molar-refractivity contribution in [1.82, 2.24) is 0 Å². The summed E-state index contributed by atoms with van der Waals surface area (Å²) in [6.07, 6.45) is 2.92. The number of carbonyl (C=O) groups is 2. The highest BCUT2D eigenvalue weighted by Crippen LogP contribution is 2.30. The first kappa shape index (κ1) is 19.5. The van der Waals surface area contributed by atoms with Gasteiger partial charge < -0.3 is 18.6 Å². The summed E-state index contributed by atoms with van der Waals surface area (Å²) >= 11 is 5.98. The van der Waals surface area contributed by atoms with Crippen molar-refractivity contribution in [3.63, 3.8) is 0 Å². The van der Waals surface area contributed by atoms with Crippen LogP contribution in [0.15, 0.2) is 76.0 Å². The minimum atomic E-state index is -0.653. The van der Waals surface area contributed by atoms with Crippen molar-refractivity contribution in [2.24, 2.45) is 4.99 Å². The number of rotatable bonds is 5. The summed E-state index contributed by atoms with van der Waals surface area (Å²) in [5.41, 5.74) is 1.32. The van der Waals surface area contributed by atoms with E-state index in [1.807, 2.05) is 0 Å². The highest BCUT2D eigenvalue weighted by Gasteiger charge is 2.24. The second-order valence-electron chi connectivity index (χ2n) is 6.12. The fourth-order valence-electron chi connectivity index (χ4n) is 2.72. The zero-order valence-electron chi connectivity index (χ0n) is 15.6. The zero-order chi connectivity index (χ0) is 21.1. The number of cyclic esters (lactones) is 1. The average molecular weight is 424 g/mol. The first-order chi connectivity index (χ1) is 14.5. The molecule has 0 radical (unpaired) electrons. The molecule has 0 bridgehead atoms. The molecule has 8 heteroatoms. The van der Waals surface area contributed by atoms with Crippen molar-refractivity contribution in [1.29, 1.82) is 0 Å². The lowest BCUT2D eigenvalue weighted by molar-refractivity contribution is -0.129.